The first-order valence-electron chi connectivity index (χ1n) is 4.37. The lowest BCUT2D eigenvalue weighted by Gasteiger charge is -2.05. The molecule has 3 nitrogen and oxygen atoms in total. The van der Waals surface area contributed by atoms with Gasteiger partial charge in [0, 0.05) is 32.5 Å². The maximum absolute atomic E-state index is 5.00. The second kappa shape index (κ2) is 4.93. The summed E-state index contributed by atoms with van der Waals surface area (Å²) in [6.07, 6.45) is 6.05. The Morgan fingerprint density at radius 3 is 3.08 bits per heavy atom. The Labute approximate surface area is 73.4 Å². The van der Waals surface area contributed by atoms with Gasteiger partial charge in [-0.2, -0.15) is 0 Å². The Hall–Kier alpha value is -0.830. The first kappa shape index (κ1) is 9.26. The Morgan fingerprint density at radius 2 is 2.42 bits per heavy atom. The zero-order valence-electron chi connectivity index (χ0n) is 7.79. The predicted octanol–water partition coefficient (Wildman–Crippen LogP) is 1.48. The summed E-state index contributed by atoms with van der Waals surface area (Å²) in [6, 6.07) is 0. The first-order chi connectivity index (χ1) is 5.88. The molecule has 68 valence electrons. The summed E-state index contributed by atoms with van der Waals surface area (Å²) < 4.78 is 7.15. The third-order valence-electron chi connectivity index (χ3n) is 1.81. The van der Waals surface area contributed by atoms with E-state index in [0.29, 0.717) is 0 Å². The molecule has 0 N–H and O–H groups in total. The van der Waals surface area contributed by atoms with Crippen molar-refractivity contribution in [2.24, 2.45) is 0 Å². The maximum Gasteiger partial charge on any atom is 0.108 e. The van der Waals surface area contributed by atoms with E-state index in [-0.39, 0.29) is 0 Å². The van der Waals surface area contributed by atoms with E-state index in [1.807, 2.05) is 12.4 Å². The molecule has 0 aliphatic carbocycles. The molecule has 0 bridgehead atoms. The van der Waals surface area contributed by atoms with Crippen LogP contribution in [0.25, 0.3) is 0 Å². The minimum Gasteiger partial charge on any atom is -0.383 e. The van der Waals surface area contributed by atoms with Crippen molar-refractivity contribution in [1.29, 1.82) is 0 Å². The molecule has 3 heteroatoms. The highest BCUT2D eigenvalue weighted by Crippen LogP contribution is 2.00. The fourth-order valence-corrected chi connectivity index (χ4v) is 1.19. The van der Waals surface area contributed by atoms with Crippen LogP contribution in [0.2, 0.25) is 0 Å². The smallest absolute Gasteiger partial charge is 0.108 e. The molecule has 0 unspecified atom stereocenters. The predicted molar refractivity (Wildman–Crippen MR) is 48.1 cm³/mol. The molecule has 0 fully saturated rings. The number of rotatable bonds is 5. The zero-order chi connectivity index (χ0) is 8.81. The fourth-order valence-electron chi connectivity index (χ4n) is 1.19. The number of hydrogen-bond donors (Lipinski definition) is 0. The summed E-state index contributed by atoms with van der Waals surface area (Å²) in [4.78, 5) is 4.27. The topological polar surface area (TPSA) is 27.1 Å². The highest BCUT2D eigenvalue weighted by atomic mass is 16.5. The van der Waals surface area contributed by atoms with Crippen molar-refractivity contribution in [2.75, 3.05) is 13.7 Å². The average Bonchev–Trinajstić information content (AvgIpc) is 2.50. The molecular weight excluding hydrogens is 152 g/mol. The van der Waals surface area contributed by atoms with E-state index >= 15 is 0 Å². The zero-order valence-corrected chi connectivity index (χ0v) is 7.79. The lowest BCUT2D eigenvalue weighted by Crippen LogP contribution is -2.07. The second-order valence-corrected chi connectivity index (χ2v) is 2.78. The molecule has 0 saturated carbocycles. The van der Waals surface area contributed by atoms with Crippen LogP contribution in [-0.4, -0.2) is 23.3 Å². The van der Waals surface area contributed by atoms with Gasteiger partial charge in [0.2, 0.25) is 0 Å². The monoisotopic (exact) mass is 168 g/mol. The van der Waals surface area contributed by atoms with Crippen LogP contribution < -0.4 is 0 Å². The molecule has 1 rings (SSSR count). The number of hydrogen-bond acceptors (Lipinski definition) is 2. The summed E-state index contributed by atoms with van der Waals surface area (Å²) in [7, 11) is 1.72. The van der Waals surface area contributed by atoms with Gasteiger partial charge in [0.05, 0.1) is 6.61 Å². The first-order valence-corrected chi connectivity index (χ1v) is 4.37. The Balaban J connectivity index is 2.51. The van der Waals surface area contributed by atoms with Crippen LogP contribution in [0.1, 0.15) is 19.2 Å². The van der Waals surface area contributed by atoms with Crippen LogP contribution in [0.5, 0.6) is 0 Å². The molecule has 0 aliphatic heterocycles. The number of nitrogens with zero attached hydrogens (tertiary/aromatic N) is 2. The summed E-state index contributed by atoms with van der Waals surface area (Å²) in [5, 5.41) is 0. The minimum atomic E-state index is 0.757. The fraction of sp³-hybridized carbons (Fsp3) is 0.667. The molecule has 12 heavy (non-hydrogen) atoms. The van der Waals surface area contributed by atoms with Gasteiger partial charge in [-0.15, -0.1) is 0 Å². The van der Waals surface area contributed by atoms with Crippen molar-refractivity contribution >= 4 is 0 Å². The van der Waals surface area contributed by atoms with Crippen molar-refractivity contribution < 1.29 is 4.74 Å². The normalized spacial score (nSPS) is 10.5. The van der Waals surface area contributed by atoms with Crippen molar-refractivity contribution in [3.8, 4) is 0 Å². The molecule has 0 atom stereocenters. The standard InChI is InChI=1S/C9H16N2O/c1-3-4-9-10-5-6-11(9)7-8-12-2/h5-6H,3-4,7-8H2,1-2H3. The van der Waals surface area contributed by atoms with Crippen molar-refractivity contribution in [3.05, 3.63) is 18.2 Å². The van der Waals surface area contributed by atoms with Gasteiger partial charge in [0.15, 0.2) is 0 Å². The SMILES string of the molecule is CCCc1nccn1CCOC. The van der Waals surface area contributed by atoms with Gasteiger partial charge in [0.25, 0.3) is 0 Å². The van der Waals surface area contributed by atoms with Crippen LogP contribution in [0.15, 0.2) is 12.4 Å². The van der Waals surface area contributed by atoms with Crippen LogP contribution in [0.3, 0.4) is 0 Å². The van der Waals surface area contributed by atoms with Gasteiger partial charge in [-0.05, 0) is 6.42 Å². The van der Waals surface area contributed by atoms with Crippen LogP contribution in [-0.2, 0) is 17.7 Å². The van der Waals surface area contributed by atoms with Crippen molar-refractivity contribution in [1.82, 2.24) is 9.55 Å². The van der Waals surface area contributed by atoms with Gasteiger partial charge in [0.1, 0.15) is 5.82 Å². The third kappa shape index (κ3) is 2.34. The number of aromatic nitrogens is 2. The maximum atomic E-state index is 5.00. The molecule has 1 aromatic rings. The van der Waals surface area contributed by atoms with E-state index in [2.05, 4.69) is 16.5 Å². The quantitative estimate of drug-likeness (QED) is 0.666. The third-order valence-corrected chi connectivity index (χ3v) is 1.81. The minimum absolute atomic E-state index is 0.757. The van der Waals surface area contributed by atoms with Crippen LogP contribution >= 0.6 is 0 Å². The molecular formula is C9H16N2O. The second-order valence-electron chi connectivity index (χ2n) is 2.78. The Morgan fingerprint density at radius 1 is 1.58 bits per heavy atom. The van der Waals surface area contributed by atoms with E-state index in [0.717, 1.165) is 31.8 Å². The Kier molecular flexibility index (Phi) is 3.80. The van der Waals surface area contributed by atoms with Gasteiger partial charge in [-0.1, -0.05) is 6.92 Å². The van der Waals surface area contributed by atoms with E-state index < -0.39 is 0 Å². The van der Waals surface area contributed by atoms with Gasteiger partial charge >= 0.3 is 0 Å². The molecule has 1 aromatic heterocycles. The molecule has 0 aromatic carbocycles. The van der Waals surface area contributed by atoms with Crippen LogP contribution in [0, 0.1) is 0 Å². The van der Waals surface area contributed by atoms with Gasteiger partial charge in [-0.25, -0.2) is 4.98 Å². The lowest BCUT2D eigenvalue weighted by molar-refractivity contribution is 0.186. The average molecular weight is 168 g/mol. The highest BCUT2D eigenvalue weighted by Gasteiger charge is 1.99. The number of imidazole rings is 1. The van der Waals surface area contributed by atoms with Crippen LogP contribution in [0.4, 0.5) is 0 Å². The van der Waals surface area contributed by atoms with Gasteiger partial charge < -0.3 is 9.30 Å². The van der Waals surface area contributed by atoms with Crippen molar-refractivity contribution in [2.45, 2.75) is 26.3 Å². The van der Waals surface area contributed by atoms with E-state index in [1.165, 1.54) is 0 Å². The summed E-state index contributed by atoms with van der Waals surface area (Å²) in [5.41, 5.74) is 0. The number of aryl methyl sites for hydroxylation is 1. The molecule has 0 amide bonds. The molecule has 0 aliphatic rings. The summed E-state index contributed by atoms with van der Waals surface area (Å²) in [5.74, 6) is 1.16. The number of methoxy groups -OCH3 is 1. The highest BCUT2D eigenvalue weighted by molar-refractivity contribution is 4.92. The van der Waals surface area contributed by atoms with E-state index in [1.54, 1.807) is 7.11 Å². The molecule has 1 heterocycles. The lowest BCUT2D eigenvalue weighted by atomic mass is 10.3. The summed E-state index contributed by atoms with van der Waals surface area (Å²) in [6.45, 7) is 3.83. The van der Waals surface area contributed by atoms with Gasteiger partial charge in [-0.3, -0.25) is 0 Å². The molecule has 0 radical (unpaired) electrons. The Bertz CT molecular complexity index is 220. The largest absolute Gasteiger partial charge is 0.383 e. The summed E-state index contributed by atoms with van der Waals surface area (Å²) >= 11 is 0. The van der Waals surface area contributed by atoms with E-state index in [4.69, 9.17) is 4.74 Å². The molecule has 0 spiro atoms. The molecule has 0 saturated heterocycles. The number of ether oxygens (including phenoxy) is 1. The van der Waals surface area contributed by atoms with Crippen molar-refractivity contribution in [3.63, 3.8) is 0 Å². The van der Waals surface area contributed by atoms with E-state index in [9.17, 15) is 0 Å².